The number of aliphatic hydroxyl groups excluding tert-OH is 1. The van der Waals surface area contributed by atoms with Gasteiger partial charge in [-0.25, -0.2) is 0 Å². The zero-order chi connectivity index (χ0) is 13.3. The van der Waals surface area contributed by atoms with Crippen LogP contribution in [0.15, 0.2) is 18.2 Å². The second kappa shape index (κ2) is 4.49. The van der Waals surface area contributed by atoms with Gasteiger partial charge in [0.05, 0.1) is 25.7 Å². The molecule has 1 aliphatic rings. The maximum atomic E-state index is 11.2. The van der Waals surface area contributed by atoms with Crippen LogP contribution in [-0.4, -0.2) is 30.4 Å². The van der Waals surface area contributed by atoms with Crippen molar-refractivity contribution in [2.24, 2.45) is 5.41 Å². The predicted octanol–water partition coefficient (Wildman–Crippen LogP) is 1.60. The highest BCUT2D eigenvalue weighted by Gasteiger charge is 2.57. The molecule has 0 aromatic heterocycles. The Morgan fingerprint density at radius 2 is 2.00 bits per heavy atom. The average Bonchev–Trinajstić information content (AvgIpc) is 3.18. The van der Waals surface area contributed by atoms with Gasteiger partial charge in [-0.1, -0.05) is 0 Å². The summed E-state index contributed by atoms with van der Waals surface area (Å²) in [5.74, 6) is 0.0572. The monoisotopic (exact) mass is 252 g/mol. The molecule has 1 fully saturated rings. The van der Waals surface area contributed by atoms with Gasteiger partial charge < -0.3 is 19.7 Å². The lowest BCUT2D eigenvalue weighted by molar-refractivity contribution is -0.148. The maximum Gasteiger partial charge on any atom is 0.312 e. The molecule has 0 spiro atoms. The molecular formula is C13H16O5. The van der Waals surface area contributed by atoms with E-state index >= 15 is 0 Å². The molecule has 0 amide bonds. The van der Waals surface area contributed by atoms with Crippen LogP contribution >= 0.6 is 0 Å². The summed E-state index contributed by atoms with van der Waals surface area (Å²) in [7, 11) is 3.00. The highest BCUT2D eigenvalue weighted by Crippen LogP contribution is 2.56. The molecule has 0 heterocycles. The van der Waals surface area contributed by atoms with Gasteiger partial charge in [0.1, 0.15) is 11.5 Å². The summed E-state index contributed by atoms with van der Waals surface area (Å²) in [5, 5.41) is 19.5. The van der Waals surface area contributed by atoms with E-state index in [1.807, 2.05) is 0 Å². The predicted molar refractivity (Wildman–Crippen MR) is 63.8 cm³/mol. The number of carboxylic acid groups (broad SMARTS) is 1. The Labute approximate surface area is 105 Å². The first-order valence-electron chi connectivity index (χ1n) is 5.68. The van der Waals surface area contributed by atoms with Crippen LogP contribution in [0, 0.1) is 5.41 Å². The molecule has 5 nitrogen and oxygen atoms in total. The third-order valence-corrected chi connectivity index (χ3v) is 3.47. The molecule has 0 aliphatic heterocycles. The lowest BCUT2D eigenvalue weighted by Crippen LogP contribution is -2.24. The summed E-state index contributed by atoms with van der Waals surface area (Å²) in [6.45, 7) is 0. The van der Waals surface area contributed by atoms with E-state index < -0.39 is 17.5 Å². The van der Waals surface area contributed by atoms with Gasteiger partial charge >= 0.3 is 5.97 Å². The molecule has 0 radical (unpaired) electrons. The van der Waals surface area contributed by atoms with Crippen molar-refractivity contribution >= 4 is 5.97 Å². The van der Waals surface area contributed by atoms with E-state index in [2.05, 4.69) is 0 Å². The summed E-state index contributed by atoms with van der Waals surface area (Å²) in [6.07, 6.45) is -0.131. The first-order valence-corrected chi connectivity index (χ1v) is 5.68. The van der Waals surface area contributed by atoms with Gasteiger partial charge in [-0.3, -0.25) is 4.79 Å². The smallest absolute Gasteiger partial charge is 0.312 e. The van der Waals surface area contributed by atoms with Crippen molar-refractivity contribution < 1.29 is 24.5 Å². The summed E-state index contributed by atoms with van der Waals surface area (Å²) >= 11 is 0. The molecule has 2 N–H and O–H groups in total. The van der Waals surface area contributed by atoms with Gasteiger partial charge in [-0.15, -0.1) is 0 Å². The third-order valence-electron chi connectivity index (χ3n) is 3.47. The number of carbonyl (C=O) groups is 1. The summed E-state index contributed by atoms with van der Waals surface area (Å²) in [6, 6.07) is 4.98. The topological polar surface area (TPSA) is 76.0 Å². The molecular weight excluding hydrogens is 236 g/mol. The number of ether oxygens (including phenoxy) is 2. The number of benzene rings is 1. The maximum absolute atomic E-state index is 11.2. The summed E-state index contributed by atoms with van der Waals surface area (Å²) in [5.41, 5.74) is -0.614. The van der Waals surface area contributed by atoms with Crippen molar-refractivity contribution in [3.63, 3.8) is 0 Å². The SMILES string of the molecule is COc1ccc(OC)c(C(O)C2(C(=O)O)CC2)c1. The summed E-state index contributed by atoms with van der Waals surface area (Å²) in [4.78, 5) is 11.2. The number of rotatable bonds is 5. The lowest BCUT2D eigenvalue weighted by Gasteiger charge is -2.21. The minimum absolute atomic E-state index is 0.455. The van der Waals surface area contributed by atoms with Crippen molar-refractivity contribution in [1.29, 1.82) is 0 Å². The van der Waals surface area contributed by atoms with Gasteiger partial charge in [-0.05, 0) is 31.0 Å². The number of aliphatic hydroxyl groups is 1. The van der Waals surface area contributed by atoms with Crippen molar-refractivity contribution in [3.05, 3.63) is 23.8 Å². The number of methoxy groups -OCH3 is 2. The Morgan fingerprint density at radius 3 is 2.44 bits per heavy atom. The minimum atomic E-state index is -1.08. The highest BCUT2D eigenvalue weighted by atomic mass is 16.5. The van der Waals surface area contributed by atoms with Crippen molar-refractivity contribution in [2.45, 2.75) is 18.9 Å². The molecule has 2 rings (SSSR count). The standard InChI is InChI=1S/C13H16O5/c1-17-8-3-4-10(18-2)9(7-8)11(14)13(5-6-13)12(15)16/h3-4,7,11,14H,5-6H2,1-2H3,(H,15,16). The molecule has 18 heavy (non-hydrogen) atoms. The zero-order valence-electron chi connectivity index (χ0n) is 10.3. The Morgan fingerprint density at radius 1 is 1.33 bits per heavy atom. The zero-order valence-corrected chi connectivity index (χ0v) is 10.3. The fourth-order valence-electron chi connectivity index (χ4n) is 2.09. The van der Waals surface area contributed by atoms with Gasteiger partial charge in [-0.2, -0.15) is 0 Å². The van der Waals surface area contributed by atoms with Crippen LogP contribution in [0.5, 0.6) is 11.5 Å². The molecule has 1 aromatic carbocycles. The van der Waals surface area contributed by atoms with E-state index in [1.54, 1.807) is 18.2 Å². The Bertz CT molecular complexity index is 464. The number of aliphatic carboxylic acids is 1. The van der Waals surface area contributed by atoms with E-state index in [9.17, 15) is 15.0 Å². The molecule has 1 aliphatic carbocycles. The second-order valence-corrected chi connectivity index (χ2v) is 4.47. The largest absolute Gasteiger partial charge is 0.497 e. The molecule has 0 bridgehead atoms. The Hall–Kier alpha value is -1.75. The first kappa shape index (κ1) is 12.7. The van der Waals surface area contributed by atoms with Crippen LogP contribution in [0.25, 0.3) is 0 Å². The number of hydrogen-bond donors (Lipinski definition) is 2. The van der Waals surface area contributed by atoms with E-state index in [4.69, 9.17) is 9.47 Å². The summed E-state index contributed by atoms with van der Waals surface area (Å²) < 4.78 is 10.2. The third kappa shape index (κ3) is 1.90. The van der Waals surface area contributed by atoms with Crippen LogP contribution in [0.2, 0.25) is 0 Å². The van der Waals surface area contributed by atoms with Crippen LogP contribution in [0.3, 0.4) is 0 Å². The number of carboxylic acids is 1. The van der Waals surface area contributed by atoms with Crippen molar-refractivity contribution in [3.8, 4) is 11.5 Å². The molecule has 1 saturated carbocycles. The fraction of sp³-hybridized carbons (Fsp3) is 0.462. The molecule has 5 heteroatoms. The molecule has 98 valence electrons. The van der Waals surface area contributed by atoms with E-state index in [-0.39, 0.29) is 0 Å². The van der Waals surface area contributed by atoms with Crippen LogP contribution in [0.1, 0.15) is 24.5 Å². The van der Waals surface area contributed by atoms with Gasteiger partial charge in [0.2, 0.25) is 0 Å². The van der Waals surface area contributed by atoms with Crippen molar-refractivity contribution in [2.75, 3.05) is 14.2 Å². The van der Waals surface area contributed by atoms with Crippen LogP contribution < -0.4 is 9.47 Å². The van der Waals surface area contributed by atoms with E-state index in [0.717, 1.165) is 0 Å². The van der Waals surface area contributed by atoms with Crippen LogP contribution in [0.4, 0.5) is 0 Å². The fourth-order valence-corrected chi connectivity index (χ4v) is 2.09. The molecule has 1 unspecified atom stereocenters. The molecule has 1 atom stereocenters. The van der Waals surface area contributed by atoms with Crippen molar-refractivity contribution in [1.82, 2.24) is 0 Å². The van der Waals surface area contributed by atoms with E-state index in [1.165, 1.54) is 14.2 Å². The van der Waals surface area contributed by atoms with Gasteiger partial charge in [0.15, 0.2) is 0 Å². The first-order chi connectivity index (χ1) is 8.55. The van der Waals surface area contributed by atoms with E-state index in [0.29, 0.717) is 29.9 Å². The van der Waals surface area contributed by atoms with Gasteiger partial charge in [0, 0.05) is 5.56 Å². The van der Waals surface area contributed by atoms with Crippen LogP contribution in [-0.2, 0) is 4.79 Å². The number of hydrogen-bond acceptors (Lipinski definition) is 4. The molecule has 0 saturated heterocycles. The normalized spacial score (nSPS) is 17.9. The second-order valence-electron chi connectivity index (χ2n) is 4.47. The quantitative estimate of drug-likeness (QED) is 0.832. The minimum Gasteiger partial charge on any atom is -0.497 e. The lowest BCUT2D eigenvalue weighted by atomic mass is 9.92. The van der Waals surface area contributed by atoms with Gasteiger partial charge in [0.25, 0.3) is 0 Å². The highest BCUT2D eigenvalue weighted by molar-refractivity contribution is 5.79. The Balaban J connectivity index is 2.40. The average molecular weight is 252 g/mol. The molecule has 1 aromatic rings. The Kier molecular flexibility index (Phi) is 3.17.